The summed E-state index contributed by atoms with van der Waals surface area (Å²) in [5.41, 5.74) is 9.02. The quantitative estimate of drug-likeness (QED) is 0.322. The lowest BCUT2D eigenvalue weighted by molar-refractivity contribution is 0.0696. The van der Waals surface area contributed by atoms with E-state index in [1.807, 2.05) is 45.2 Å². The Kier molecular flexibility index (Phi) is 8.02. The van der Waals surface area contributed by atoms with Gasteiger partial charge in [-0.2, -0.15) is 8.42 Å². The molecule has 7 nitrogen and oxygen atoms in total. The van der Waals surface area contributed by atoms with E-state index in [1.54, 1.807) is 19.2 Å². The molecule has 8 heteroatoms. The molecule has 5 rings (SSSR count). The summed E-state index contributed by atoms with van der Waals surface area (Å²) in [4.78, 5) is 19.5. The molecule has 1 aliphatic heterocycles. The van der Waals surface area contributed by atoms with E-state index in [0.717, 1.165) is 50.4 Å². The lowest BCUT2D eigenvalue weighted by atomic mass is 9.62. The Morgan fingerprint density at radius 2 is 1.67 bits per heavy atom. The predicted octanol–water partition coefficient (Wildman–Crippen LogP) is 7.91. The zero-order valence-electron chi connectivity index (χ0n) is 28.4. The molecule has 0 saturated carbocycles. The largest absolute Gasteiger partial charge is 0.478 e. The van der Waals surface area contributed by atoms with Crippen LogP contribution in [-0.4, -0.2) is 55.1 Å². The number of carboxylic acid groups (broad SMARTS) is 1. The first-order valence-electron chi connectivity index (χ1n) is 15.4. The Morgan fingerprint density at radius 3 is 2.26 bits per heavy atom. The Balaban J connectivity index is 1.96. The van der Waals surface area contributed by atoms with Gasteiger partial charge in [0, 0.05) is 36.3 Å². The monoisotopic (exact) mass is 640 g/mol. The lowest BCUT2D eigenvalue weighted by Crippen LogP contribution is -2.43. The number of carboxylic acids is 1. The third kappa shape index (κ3) is 5.84. The number of fused-ring (bicyclic) bond motifs is 3. The molecule has 2 N–H and O–H groups in total. The molecule has 3 aliphatic rings. The summed E-state index contributed by atoms with van der Waals surface area (Å²) in [6.07, 6.45) is 8.37. The van der Waals surface area contributed by atoms with E-state index in [-0.39, 0.29) is 11.0 Å². The maximum absolute atomic E-state index is 12.7. The van der Waals surface area contributed by atoms with Crippen molar-refractivity contribution in [1.29, 1.82) is 0 Å². The zero-order valence-corrected chi connectivity index (χ0v) is 29.2. The van der Waals surface area contributed by atoms with Crippen molar-refractivity contribution in [2.45, 2.75) is 66.3 Å². The number of rotatable bonds is 5. The molecule has 2 aromatic carbocycles. The van der Waals surface area contributed by atoms with Crippen LogP contribution in [0.15, 0.2) is 88.0 Å². The first kappa shape index (κ1) is 33.4. The van der Waals surface area contributed by atoms with E-state index in [4.69, 9.17) is 4.99 Å². The van der Waals surface area contributed by atoms with Crippen LogP contribution in [0.4, 0.5) is 5.69 Å². The molecule has 0 amide bonds. The summed E-state index contributed by atoms with van der Waals surface area (Å²) < 4.78 is 34.4. The van der Waals surface area contributed by atoms with Crippen LogP contribution < -0.4 is 4.90 Å². The first-order valence-corrected chi connectivity index (χ1v) is 17.1. The molecule has 46 heavy (non-hydrogen) atoms. The maximum atomic E-state index is 12.7. The van der Waals surface area contributed by atoms with E-state index < -0.39 is 32.8 Å². The number of anilines is 1. The van der Waals surface area contributed by atoms with Crippen molar-refractivity contribution in [3.8, 4) is 0 Å². The van der Waals surface area contributed by atoms with Gasteiger partial charge in [-0.1, -0.05) is 65.0 Å². The maximum Gasteiger partial charge on any atom is 0.336 e. The van der Waals surface area contributed by atoms with Crippen molar-refractivity contribution in [2.24, 2.45) is 10.4 Å². The van der Waals surface area contributed by atoms with Crippen LogP contribution in [0, 0.1) is 5.41 Å². The first-order chi connectivity index (χ1) is 21.2. The molecule has 0 unspecified atom stereocenters. The second kappa shape index (κ2) is 11.1. The number of hydrogen-bond donors (Lipinski definition) is 2. The summed E-state index contributed by atoms with van der Waals surface area (Å²) in [5, 5.41) is 10.4. The van der Waals surface area contributed by atoms with Gasteiger partial charge in [-0.05, 0) is 101 Å². The number of hydrogen-bond acceptors (Lipinski definition) is 5. The average molecular weight is 641 g/mol. The van der Waals surface area contributed by atoms with E-state index in [0.29, 0.717) is 16.7 Å². The summed E-state index contributed by atoms with van der Waals surface area (Å²) in [6, 6.07) is 11.1. The number of nitrogens with zero attached hydrogens (tertiary/aromatic N) is 2. The van der Waals surface area contributed by atoms with Gasteiger partial charge < -0.3 is 10.0 Å². The van der Waals surface area contributed by atoms with Crippen molar-refractivity contribution in [3.05, 3.63) is 111 Å². The van der Waals surface area contributed by atoms with Gasteiger partial charge in [0.25, 0.3) is 10.1 Å². The Bertz CT molecular complexity index is 1980. The van der Waals surface area contributed by atoms with Crippen LogP contribution in [0.2, 0.25) is 0 Å². The van der Waals surface area contributed by atoms with Crippen LogP contribution in [0.3, 0.4) is 0 Å². The lowest BCUT2D eigenvalue weighted by Gasteiger charge is -2.45. The highest BCUT2D eigenvalue weighted by Gasteiger charge is 2.42. The summed E-state index contributed by atoms with van der Waals surface area (Å²) in [6.45, 7) is 16.9. The molecule has 1 heterocycles. The number of benzene rings is 2. The molecule has 242 valence electrons. The third-order valence-corrected chi connectivity index (χ3v) is 10.0. The molecule has 0 radical (unpaired) electrons. The van der Waals surface area contributed by atoms with Gasteiger partial charge in [-0.15, -0.1) is 0 Å². The second-order valence-corrected chi connectivity index (χ2v) is 16.2. The Morgan fingerprint density at radius 1 is 1.02 bits per heavy atom. The highest BCUT2D eigenvalue weighted by Crippen LogP contribution is 2.54. The number of likely N-dealkylation sites (N-methyl/N-ethyl adjacent to an activating group) is 1. The van der Waals surface area contributed by atoms with Crippen molar-refractivity contribution in [2.75, 3.05) is 24.7 Å². The van der Waals surface area contributed by atoms with E-state index in [2.05, 4.69) is 70.7 Å². The fourth-order valence-corrected chi connectivity index (χ4v) is 7.71. The molecule has 0 spiro atoms. The van der Waals surface area contributed by atoms with Crippen LogP contribution >= 0.6 is 0 Å². The van der Waals surface area contributed by atoms with Crippen LogP contribution in [0.25, 0.3) is 11.1 Å². The highest BCUT2D eigenvalue weighted by atomic mass is 32.2. The Hall–Kier alpha value is -4.01. The van der Waals surface area contributed by atoms with Gasteiger partial charge in [0.15, 0.2) is 0 Å². The second-order valence-electron chi connectivity index (χ2n) is 14.7. The van der Waals surface area contributed by atoms with Gasteiger partial charge in [-0.25, -0.2) is 4.79 Å². The summed E-state index contributed by atoms with van der Waals surface area (Å²) in [5.74, 6) is -1.56. The smallest absolute Gasteiger partial charge is 0.336 e. The van der Waals surface area contributed by atoms with Gasteiger partial charge in [0.05, 0.1) is 16.8 Å². The molecule has 0 atom stereocenters. The fourth-order valence-electron chi connectivity index (χ4n) is 7.08. The summed E-state index contributed by atoms with van der Waals surface area (Å²) in [7, 11) is -0.568. The number of aliphatic imine (C=N–C) groups is 1. The molecular formula is C38H44N2O5S. The van der Waals surface area contributed by atoms with Crippen LogP contribution in [0.5, 0.6) is 0 Å². The zero-order chi connectivity index (χ0) is 34.1. The molecule has 0 bridgehead atoms. The summed E-state index contributed by atoms with van der Waals surface area (Å²) >= 11 is 0. The highest BCUT2D eigenvalue weighted by molar-refractivity contribution is 7.86. The molecule has 0 aromatic heterocycles. The Labute approximate surface area is 273 Å². The van der Waals surface area contributed by atoms with Crippen molar-refractivity contribution >= 4 is 38.6 Å². The molecule has 2 aliphatic carbocycles. The van der Waals surface area contributed by atoms with Gasteiger partial charge in [0.1, 0.15) is 5.75 Å². The topological polar surface area (TPSA) is 107 Å². The van der Waals surface area contributed by atoms with Gasteiger partial charge >= 0.3 is 5.97 Å². The molecule has 2 aromatic rings. The molecule has 0 saturated heterocycles. The van der Waals surface area contributed by atoms with Crippen LogP contribution in [-0.2, 0) is 15.5 Å². The number of aromatic carboxylic acids is 1. The minimum Gasteiger partial charge on any atom is -0.478 e. The predicted molar refractivity (Wildman–Crippen MR) is 189 cm³/mol. The minimum atomic E-state index is -4.34. The number of carbonyl (C=O) groups is 1. The van der Waals surface area contributed by atoms with Gasteiger partial charge in [0.2, 0.25) is 0 Å². The van der Waals surface area contributed by atoms with Crippen molar-refractivity contribution in [1.82, 2.24) is 0 Å². The number of allylic oxidation sites excluding steroid dienone is 7. The molecule has 0 fully saturated rings. The average Bonchev–Trinajstić information content (AvgIpc) is 2.93. The van der Waals surface area contributed by atoms with Crippen molar-refractivity contribution in [3.63, 3.8) is 0 Å². The standard InChI is InChI=1S/C38H44N2O5S/c1-22(19-36(2,3)4)26-15-28-30(17-32(26)39-9)38(7,8)31-18-33-27(23(21-46(43,44)45)20-37(5,6)40(33)10)16-29(31)34(28)24-13-11-12-14-25(24)35(41)42/h11-20H,21H2,1-10H3,(H,41,42)(H,43,44,45)/b22-19-,39-32+. The van der Waals surface area contributed by atoms with Gasteiger partial charge in [-0.3, -0.25) is 9.55 Å². The van der Waals surface area contributed by atoms with E-state index in [9.17, 15) is 22.9 Å². The normalized spacial score (nSPS) is 20.0. The molecular weight excluding hydrogens is 596 g/mol. The van der Waals surface area contributed by atoms with Crippen molar-refractivity contribution < 1.29 is 22.9 Å². The van der Waals surface area contributed by atoms with E-state index >= 15 is 0 Å². The van der Waals surface area contributed by atoms with E-state index in [1.165, 1.54) is 0 Å². The fraction of sp³-hybridized carbons (Fsp3) is 0.368. The van der Waals surface area contributed by atoms with Crippen LogP contribution in [0.1, 0.15) is 88.0 Å². The minimum absolute atomic E-state index is 0.0754. The SMILES string of the molecule is C/N=C1\C=C2C(=C(c3ccccc3C(=O)O)c3cc4c(cc3C2(C)C)N(C)C(C)(C)C=C4CS(=O)(=O)O)C=C1/C(C)=C\C(C)(C)C. The third-order valence-electron chi connectivity index (χ3n) is 9.34.